The molecule has 0 saturated carbocycles. The van der Waals surface area contributed by atoms with Gasteiger partial charge >= 0.3 is 6.09 Å². The second-order valence-electron chi connectivity index (χ2n) is 5.73. The molecule has 5 nitrogen and oxygen atoms in total. The van der Waals surface area contributed by atoms with E-state index in [-0.39, 0.29) is 26.3 Å². The average Bonchev–Trinajstić information content (AvgIpc) is 2.52. The molecule has 2 N–H and O–H groups in total. The van der Waals surface area contributed by atoms with Crippen LogP contribution < -0.4 is 0 Å². The van der Waals surface area contributed by atoms with Gasteiger partial charge in [0.2, 0.25) is 0 Å². The number of unbranched alkanes of at least 4 members (excludes halogenated alkanes) is 9. The van der Waals surface area contributed by atoms with Crippen LogP contribution in [0.4, 0.5) is 4.79 Å². The van der Waals surface area contributed by atoms with Crippen molar-refractivity contribution in [2.24, 2.45) is 0 Å². The third kappa shape index (κ3) is 12.9. The van der Waals surface area contributed by atoms with Crippen LogP contribution in [0.3, 0.4) is 0 Å². The highest BCUT2D eigenvalue weighted by Gasteiger charge is 2.13. The highest BCUT2D eigenvalue weighted by atomic mass is 16.6. The van der Waals surface area contributed by atoms with Crippen molar-refractivity contribution in [1.82, 2.24) is 4.90 Å². The van der Waals surface area contributed by atoms with Crippen LogP contribution in [-0.2, 0) is 4.74 Å². The number of ether oxygens (including phenoxy) is 1. The Bertz CT molecular complexity index is 243. The van der Waals surface area contributed by atoms with Crippen molar-refractivity contribution in [3.63, 3.8) is 0 Å². The molecule has 0 unspecified atom stereocenters. The van der Waals surface area contributed by atoms with E-state index >= 15 is 0 Å². The number of carbonyl (C=O) groups excluding carboxylic acids is 1. The van der Waals surface area contributed by atoms with Crippen molar-refractivity contribution in [2.75, 3.05) is 32.9 Å². The molecule has 0 atom stereocenters. The van der Waals surface area contributed by atoms with Gasteiger partial charge in [-0.2, -0.15) is 0 Å². The summed E-state index contributed by atoms with van der Waals surface area (Å²) in [6.45, 7) is 2.83. The first-order chi connectivity index (χ1) is 10.8. The lowest BCUT2D eigenvalue weighted by Gasteiger charge is -2.19. The van der Waals surface area contributed by atoms with Gasteiger partial charge in [-0.05, 0) is 6.42 Å². The van der Waals surface area contributed by atoms with Crippen LogP contribution in [-0.4, -0.2) is 54.1 Å². The second-order valence-corrected chi connectivity index (χ2v) is 5.73. The molecule has 0 fully saturated rings. The quantitative estimate of drug-likeness (QED) is 0.455. The Kier molecular flexibility index (Phi) is 15.9. The fraction of sp³-hybridized carbons (Fsp3) is 0.941. The number of aliphatic hydroxyl groups is 2. The van der Waals surface area contributed by atoms with Crippen LogP contribution in [0.5, 0.6) is 0 Å². The number of rotatable bonds is 15. The van der Waals surface area contributed by atoms with E-state index < -0.39 is 6.09 Å². The van der Waals surface area contributed by atoms with Gasteiger partial charge in [0.1, 0.15) is 0 Å². The standard InChI is InChI=1S/C17H35NO4/c1-2-3-4-5-6-7-8-9-10-11-16-22-17(21)18(12-14-19)13-15-20/h19-20H,2-16H2,1H3. The van der Waals surface area contributed by atoms with Gasteiger partial charge in [0.25, 0.3) is 0 Å². The smallest absolute Gasteiger partial charge is 0.409 e. The zero-order valence-corrected chi connectivity index (χ0v) is 14.3. The summed E-state index contributed by atoms with van der Waals surface area (Å²) in [5.74, 6) is 0. The summed E-state index contributed by atoms with van der Waals surface area (Å²) in [6.07, 6.45) is 12.0. The highest BCUT2D eigenvalue weighted by Crippen LogP contribution is 2.10. The monoisotopic (exact) mass is 317 g/mol. The molecule has 0 rings (SSSR count). The second kappa shape index (κ2) is 16.6. The minimum atomic E-state index is -0.445. The van der Waals surface area contributed by atoms with Gasteiger partial charge in [-0.25, -0.2) is 4.79 Å². The third-order valence-corrected chi connectivity index (χ3v) is 3.72. The molecule has 0 bridgehead atoms. The summed E-state index contributed by atoms with van der Waals surface area (Å²) >= 11 is 0. The van der Waals surface area contributed by atoms with E-state index in [9.17, 15) is 4.79 Å². The van der Waals surface area contributed by atoms with Gasteiger partial charge in [-0.3, -0.25) is 0 Å². The SMILES string of the molecule is CCCCCCCCCCCCOC(=O)N(CCO)CCO. The summed E-state index contributed by atoms with van der Waals surface area (Å²) in [6, 6.07) is 0. The maximum Gasteiger partial charge on any atom is 0.409 e. The Morgan fingerprint density at radius 1 is 0.818 bits per heavy atom. The number of hydrogen-bond donors (Lipinski definition) is 2. The van der Waals surface area contributed by atoms with Gasteiger partial charge in [0.15, 0.2) is 0 Å². The molecule has 0 aromatic rings. The number of amides is 1. The topological polar surface area (TPSA) is 70.0 Å². The van der Waals surface area contributed by atoms with E-state index in [0.717, 1.165) is 12.8 Å². The molecule has 0 radical (unpaired) electrons. The largest absolute Gasteiger partial charge is 0.449 e. The van der Waals surface area contributed by atoms with E-state index in [0.29, 0.717) is 6.61 Å². The van der Waals surface area contributed by atoms with E-state index in [1.54, 1.807) is 0 Å². The van der Waals surface area contributed by atoms with Crippen LogP contribution in [0.15, 0.2) is 0 Å². The molecule has 0 saturated heterocycles. The molecular weight excluding hydrogens is 282 g/mol. The van der Waals surface area contributed by atoms with Crippen molar-refractivity contribution in [2.45, 2.75) is 71.1 Å². The lowest BCUT2D eigenvalue weighted by Crippen LogP contribution is -2.36. The van der Waals surface area contributed by atoms with Crippen molar-refractivity contribution in [3.05, 3.63) is 0 Å². The van der Waals surface area contributed by atoms with Crippen molar-refractivity contribution in [3.8, 4) is 0 Å². The third-order valence-electron chi connectivity index (χ3n) is 3.72. The maximum atomic E-state index is 11.7. The molecule has 22 heavy (non-hydrogen) atoms. The predicted molar refractivity (Wildman–Crippen MR) is 88.9 cm³/mol. The molecule has 0 aliphatic heterocycles. The molecule has 132 valence electrons. The molecule has 0 heterocycles. The van der Waals surface area contributed by atoms with Crippen LogP contribution in [0.2, 0.25) is 0 Å². The molecule has 1 amide bonds. The fourth-order valence-electron chi connectivity index (χ4n) is 2.38. The molecule has 5 heteroatoms. The van der Waals surface area contributed by atoms with Crippen LogP contribution in [0, 0.1) is 0 Å². The predicted octanol–water partition coefficient (Wildman–Crippen LogP) is 3.33. The van der Waals surface area contributed by atoms with Crippen molar-refractivity contribution >= 4 is 6.09 Å². The van der Waals surface area contributed by atoms with Gasteiger partial charge in [0.05, 0.1) is 19.8 Å². The van der Waals surface area contributed by atoms with Crippen LogP contribution in [0.25, 0.3) is 0 Å². The number of aliphatic hydroxyl groups excluding tert-OH is 2. The first kappa shape index (κ1) is 21.2. The molecular formula is C17H35NO4. The number of carbonyl (C=O) groups is 1. The fourth-order valence-corrected chi connectivity index (χ4v) is 2.38. The Hall–Kier alpha value is -0.810. The Labute approximate surface area is 135 Å². The van der Waals surface area contributed by atoms with Gasteiger partial charge in [-0.15, -0.1) is 0 Å². The number of hydrogen-bond acceptors (Lipinski definition) is 4. The van der Waals surface area contributed by atoms with Gasteiger partial charge in [0, 0.05) is 13.1 Å². The van der Waals surface area contributed by atoms with Crippen LogP contribution >= 0.6 is 0 Å². The van der Waals surface area contributed by atoms with E-state index in [2.05, 4.69) is 6.92 Å². The van der Waals surface area contributed by atoms with Gasteiger partial charge < -0.3 is 19.8 Å². The highest BCUT2D eigenvalue weighted by molar-refractivity contribution is 5.67. The molecule has 0 aliphatic rings. The molecule has 0 spiro atoms. The summed E-state index contributed by atoms with van der Waals surface area (Å²) < 4.78 is 5.15. The molecule has 0 aromatic heterocycles. The lowest BCUT2D eigenvalue weighted by atomic mass is 10.1. The minimum absolute atomic E-state index is 0.118. The lowest BCUT2D eigenvalue weighted by molar-refractivity contribution is 0.0846. The average molecular weight is 317 g/mol. The first-order valence-electron chi connectivity index (χ1n) is 8.89. The zero-order chi connectivity index (χ0) is 16.5. The van der Waals surface area contributed by atoms with Crippen LogP contribution in [0.1, 0.15) is 71.1 Å². The zero-order valence-electron chi connectivity index (χ0n) is 14.3. The Morgan fingerprint density at radius 2 is 1.27 bits per heavy atom. The Balaban J connectivity index is 3.39. The summed E-state index contributed by atoms with van der Waals surface area (Å²) in [4.78, 5) is 13.0. The number of nitrogens with zero attached hydrogens (tertiary/aromatic N) is 1. The molecule has 0 aromatic carbocycles. The Morgan fingerprint density at radius 3 is 1.73 bits per heavy atom. The summed E-state index contributed by atoms with van der Waals surface area (Å²) in [7, 11) is 0. The minimum Gasteiger partial charge on any atom is -0.449 e. The first-order valence-corrected chi connectivity index (χ1v) is 8.89. The van der Waals surface area contributed by atoms with Crippen molar-refractivity contribution in [1.29, 1.82) is 0 Å². The maximum absolute atomic E-state index is 11.7. The normalized spacial score (nSPS) is 10.7. The van der Waals surface area contributed by atoms with Gasteiger partial charge in [-0.1, -0.05) is 64.7 Å². The van der Waals surface area contributed by atoms with E-state index in [1.165, 1.54) is 56.3 Å². The summed E-state index contributed by atoms with van der Waals surface area (Å²) in [5.41, 5.74) is 0. The van der Waals surface area contributed by atoms with Crippen molar-refractivity contribution < 1.29 is 19.7 Å². The molecule has 0 aliphatic carbocycles. The summed E-state index contributed by atoms with van der Waals surface area (Å²) in [5, 5.41) is 17.7. The van der Waals surface area contributed by atoms with E-state index in [4.69, 9.17) is 14.9 Å². The van der Waals surface area contributed by atoms with E-state index in [1.807, 2.05) is 0 Å².